The van der Waals surface area contributed by atoms with Gasteiger partial charge < -0.3 is 15.8 Å². The second-order valence-corrected chi connectivity index (χ2v) is 6.18. The Bertz CT molecular complexity index is 479. The third-order valence-electron chi connectivity index (χ3n) is 3.82. The Kier molecular flexibility index (Phi) is 5.17. The maximum Gasteiger partial charge on any atom is 0.340 e. The van der Waals surface area contributed by atoms with Gasteiger partial charge in [-0.05, 0) is 37.3 Å². The first kappa shape index (κ1) is 15.0. The van der Waals surface area contributed by atoms with E-state index in [9.17, 15) is 4.79 Å². The van der Waals surface area contributed by atoms with E-state index in [1.54, 1.807) is 12.1 Å². The molecule has 0 radical (unpaired) electrons. The second-order valence-electron chi connectivity index (χ2n) is 5.10. The van der Waals surface area contributed by atoms with Crippen molar-refractivity contribution in [3.63, 3.8) is 0 Å². The van der Waals surface area contributed by atoms with E-state index in [1.807, 2.05) is 17.8 Å². The standard InChI is InChI=1S/C15H22N2O2S/c1-19-15(18)11-9-10(7-8-12(11)16)17-13-5-3-4-6-14(13)20-2/h7-9,13-14,17H,3-6,16H2,1-2H3. The van der Waals surface area contributed by atoms with Gasteiger partial charge in [-0.3, -0.25) is 0 Å². The first-order valence-electron chi connectivity index (χ1n) is 6.93. The molecule has 0 amide bonds. The molecule has 1 aromatic rings. The SMILES string of the molecule is COC(=O)c1cc(NC2CCCCC2SC)ccc1N. The number of benzene rings is 1. The van der Waals surface area contributed by atoms with Crippen LogP contribution in [0, 0.1) is 0 Å². The van der Waals surface area contributed by atoms with Gasteiger partial charge in [-0.15, -0.1) is 0 Å². The average Bonchev–Trinajstić information content (AvgIpc) is 2.49. The molecule has 1 fully saturated rings. The number of nitrogens with two attached hydrogens (primary N) is 1. The lowest BCUT2D eigenvalue weighted by Gasteiger charge is -2.31. The highest BCUT2D eigenvalue weighted by Crippen LogP contribution is 2.30. The van der Waals surface area contributed by atoms with Crippen LogP contribution < -0.4 is 11.1 Å². The first-order valence-corrected chi connectivity index (χ1v) is 8.21. The molecule has 0 heterocycles. The van der Waals surface area contributed by atoms with Crippen molar-refractivity contribution >= 4 is 29.1 Å². The Morgan fingerprint density at radius 1 is 1.40 bits per heavy atom. The zero-order valence-corrected chi connectivity index (χ0v) is 12.8. The molecule has 2 unspecified atom stereocenters. The molecule has 1 aromatic carbocycles. The van der Waals surface area contributed by atoms with E-state index in [1.165, 1.54) is 32.8 Å². The van der Waals surface area contributed by atoms with E-state index >= 15 is 0 Å². The molecule has 1 aliphatic rings. The summed E-state index contributed by atoms with van der Waals surface area (Å²) in [5.41, 5.74) is 7.63. The molecule has 0 spiro atoms. The lowest BCUT2D eigenvalue weighted by atomic mass is 9.94. The topological polar surface area (TPSA) is 64.3 Å². The number of hydrogen-bond acceptors (Lipinski definition) is 5. The van der Waals surface area contributed by atoms with Crippen LogP contribution in [-0.2, 0) is 4.74 Å². The Morgan fingerprint density at radius 2 is 2.15 bits per heavy atom. The Labute approximate surface area is 124 Å². The number of thioether (sulfide) groups is 1. The molecular formula is C15H22N2O2S. The fourth-order valence-electron chi connectivity index (χ4n) is 2.69. The summed E-state index contributed by atoms with van der Waals surface area (Å²) in [6.07, 6.45) is 7.14. The average molecular weight is 294 g/mol. The summed E-state index contributed by atoms with van der Waals surface area (Å²) in [5.74, 6) is -0.392. The molecule has 2 rings (SSSR count). The van der Waals surface area contributed by atoms with Crippen molar-refractivity contribution in [3.8, 4) is 0 Å². The molecule has 110 valence electrons. The van der Waals surface area contributed by atoms with E-state index in [0.717, 1.165) is 5.69 Å². The predicted octanol–water partition coefficient (Wildman–Crippen LogP) is 3.14. The van der Waals surface area contributed by atoms with Gasteiger partial charge in [0.15, 0.2) is 0 Å². The van der Waals surface area contributed by atoms with Gasteiger partial charge in [0.25, 0.3) is 0 Å². The molecule has 4 nitrogen and oxygen atoms in total. The molecule has 1 aliphatic carbocycles. The number of ether oxygens (including phenoxy) is 1. The molecule has 0 aliphatic heterocycles. The van der Waals surface area contributed by atoms with Crippen LogP contribution >= 0.6 is 11.8 Å². The maximum atomic E-state index is 11.7. The van der Waals surface area contributed by atoms with E-state index in [4.69, 9.17) is 10.5 Å². The predicted molar refractivity (Wildman–Crippen MR) is 85.4 cm³/mol. The van der Waals surface area contributed by atoms with Gasteiger partial charge in [-0.1, -0.05) is 12.8 Å². The number of esters is 1. The van der Waals surface area contributed by atoms with Crippen molar-refractivity contribution in [1.29, 1.82) is 0 Å². The van der Waals surface area contributed by atoms with E-state index in [-0.39, 0.29) is 0 Å². The van der Waals surface area contributed by atoms with Crippen LogP contribution in [0.2, 0.25) is 0 Å². The maximum absolute atomic E-state index is 11.7. The Balaban J connectivity index is 2.14. The molecule has 2 atom stereocenters. The van der Waals surface area contributed by atoms with E-state index in [2.05, 4.69) is 11.6 Å². The molecule has 5 heteroatoms. The van der Waals surface area contributed by atoms with Gasteiger partial charge in [-0.25, -0.2) is 4.79 Å². The molecule has 0 aromatic heterocycles. The quantitative estimate of drug-likeness (QED) is 0.660. The van der Waals surface area contributed by atoms with Crippen molar-refractivity contribution in [1.82, 2.24) is 0 Å². The van der Waals surface area contributed by atoms with E-state index < -0.39 is 5.97 Å². The number of nitrogens with one attached hydrogen (secondary N) is 1. The summed E-state index contributed by atoms with van der Waals surface area (Å²) < 4.78 is 4.75. The highest BCUT2D eigenvalue weighted by atomic mass is 32.2. The molecule has 0 bridgehead atoms. The van der Waals surface area contributed by atoms with Gasteiger partial charge in [0.05, 0.1) is 12.7 Å². The van der Waals surface area contributed by atoms with Crippen molar-refractivity contribution in [2.45, 2.75) is 37.0 Å². The number of rotatable bonds is 4. The first-order chi connectivity index (χ1) is 9.65. The molecular weight excluding hydrogens is 272 g/mol. The lowest BCUT2D eigenvalue weighted by molar-refractivity contribution is 0.0602. The van der Waals surface area contributed by atoms with Crippen LogP contribution in [0.25, 0.3) is 0 Å². The lowest BCUT2D eigenvalue weighted by Crippen LogP contribution is -2.34. The zero-order valence-electron chi connectivity index (χ0n) is 12.0. The van der Waals surface area contributed by atoms with Crippen molar-refractivity contribution in [2.75, 3.05) is 24.4 Å². The minimum atomic E-state index is -0.392. The minimum Gasteiger partial charge on any atom is -0.465 e. The van der Waals surface area contributed by atoms with Crippen LogP contribution in [0.3, 0.4) is 0 Å². The van der Waals surface area contributed by atoms with Crippen LogP contribution in [0.1, 0.15) is 36.0 Å². The molecule has 0 saturated heterocycles. The van der Waals surface area contributed by atoms with Gasteiger partial charge in [-0.2, -0.15) is 11.8 Å². The van der Waals surface area contributed by atoms with Gasteiger partial charge in [0, 0.05) is 22.7 Å². The fourth-order valence-corrected chi connectivity index (χ4v) is 3.63. The minimum absolute atomic E-state index is 0.392. The van der Waals surface area contributed by atoms with Crippen molar-refractivity contribution in [3.05, 3.63) is 23.8 Å². The van der Waals surface area contributed by atoms with E-state index in [0.29, 0.717) is 22.5 Å². The van der Waals surface area contributed by atoms with Gasteiger partial charge >= 0.3 is 5.97 Å². The van der Waals surface area contributed by atoms with Crippen molar-refractivity contribution in [2.24, 2.45) is 0 Å². The molecule has 20 heavy (non-hydrogen) atoms. The van der Waals surface area contributed by atoms with Crippen LogP contribution in [0.15, 0.2) is 18.2 Å². The summed E-state index contributed by atoms with van der Waals surface area (Å²) in [6.45, 7) is 0. The van der Waals surface area contributed by atoms with Crippen LogP contribution in [-0.4, -0.2) is 30.6 Å². The normalized spacial score (nSPS) is 22.3. The highest BCUT2D eigenvalue weighted by molar-refractivity contribution is 7.99. The summed E-state index contributed by atoms with van der Waals surface area (Å²) in [7, 11) is 1.37. The van der Waals surface area contributed by atoms with Gasteiger partial charge in [0.2, 0.25) is 0 Å². The third-order valence-corrected chi connectivity index (χ3v) is 4.99. The number of hydrogen-bond donors (Lipinski definition) is 2. The summed E-state index contributed by atoms with van der Waals surface area (Å²) in [4.78, 5) is 11.7. The van der Waals surface area contributed by atoms with Crippen LogP contribution in [0.5, 0.6) is 0 Å². The zero-order chi connectivity index (χ0) is 14.5. The fraction of sp³-hybridized carbons (Fsp3) is 0.533. The smallest absolute Gasteiger partial charge is 0.340 e. The summed E-state index contributed by atoms with van der Waals surface area (Å²) in [6, 6.07) is 5.92. The highest BCUT2D eigenvalue weighted by Gasteiger charge is 2.24. The van der Waals surface area contributed by atoms with Crippen molar-refractivity contribution < 1.29 is 9.53 Å². The number of carbonyl (C=O) groups is 1. The Morgan fingerprint density at radius 3 is 2.85 bits per heavy atom. The number of methoxy groups -OCH3 is 1. The second kappa shape index (κ2) is 6.88. The largest absolute Gasteiger partial charge is 0.465 e. The monoisotopic (exact) mass is 294 g/mol. The number of nitrogen functional groups attached to an aromatic ring is 1. The number of carbonyl (C=O) groups excluding carboxylic acids is 1. The molecule has 1 saturated carbocycles. The van der Waals surface area contributed by atoms with Gasteiger partial charge in [0.1, 0.15) is 0 Å². The molecule has 3 N–H and O–H groups in total. The third kappa shape index (κ3) is 3.39. The summed E-state index contributed by atoms with van der Waals surface area (Å²) >= 11 is 1.91. The Hall–Kier alpha value is -1.36. The van der Waals surface area contributed by atoms with Crippen LogP contribution in [0.4, 0.5) is 11.4 Å². The summed E-state index contributed by atoms with van der Waals surface area (Å²) in [5, 5.41) is 4.17. The number of anilines is 2.